The van der Waals surface area contributed by atoms with Crippen molar-refractivity contribution < 1.29 is 14.5 Å². The van der Waals surface area contributed by atoms with Crippen molar-refractivity contribution in [1.29, 1.82) is 0 Å². The van der Waals surface area contributed by atoms with Gasteiger partial charge >= 0.3 is 5.97 Å². The van der Waals surface area contributed by atoms with Crippen LogP contribution in [-0.4, -0.2) is 27.3 Å². The lowest BCUT2D eigenvalue weighted by Crippen LogP contribution is -2.22. The first-order valence-corrected chi connectivity index (χ1v) is 2.76. The van der Waals surface area contributed by atoms with E-state index in [1.165, 1.54) is 0 Å². The van der Waals surface area contributed by atoms with Crippen LogP contribution in [0, 0.1) is 0 Å². The normalized spacial score (nSPS) is 9.33. The second-order valence-corrected chi connectivity index (χ2v) is 1.78. The van der Waals surface area contributed by atoms with Crippen molar-refractivity contribution >= 4 is 17.7 Å². The van der Waals surface area contributed by atoms with Crippen LogP contribution < -0.4 is 11.5 Å². The Morgan fingerprint density at radius 3 is 2.67 bits per heavy atom. The average molecular weight is 171 g/mol. The van der Waals surface area contributed by atoms with Gasteiger partial charge in [0.1, 0.15) is 0 Å². The third kappa shape index (κ3) is 1.48. The Hall–Kier alpha value is -2.12. The Morgan fingerprint density at radius 1 is 1.50 bits per heavy atom. The van der Waals surface area contributed by atoms with Gasteiger partial charge in [-0.15, -0.1) is 0 Å². The number of carboxylic acid groups (broad SMARTS) is 1. The lowest BCUT2D eigenvalue weighted by molar-refractivity contribution is 0.0685. The number of aromatic carboxylic acids is 1. The first-order chi connectivity index (χ1) is 5.61. The Bertz CT molecular complexity index is 325. The molecule has 1 rings (SSSR count). The second kappa shape index (κ2) is 2.86. The molecule has 8 nitrogen and oxygen atoms in total. The van der Waals surface area contributed by atoms with Crippen LogP contribution in [-0.2, 0) is 0 Å². The number of aromatic nitrogens is 2. The number of hydrogen-bond donors (Lipinski definition) is 3. The van der Waals surface area contributed by atoms with Gasteiger partial charge in [-0.25, -0.2) is 9.42 Å². The third-order valence-corrected chi connectivity index (χ3v) is 0.909. The van der Waals surface area contributed by atoms with Gasteiger partial charge in [0.15, 0.2) is 5.96 Å². The Kier molecular flexibility index (Phi) is 1.90. The molecule has 12 heavy (non-hydrogen) atoms. The van der Waals surface area contributed by atoms with Gasteiger partial charge in [-0.3, -0.25) is 0 Å². The molecule has 8 heteroatoms. The number of rotatable bonds is 2. The van der Waals surface area contributed by atoms with Gasteiger partial charge in [0.05, 0.1) is 0 Å². The largest absolute Gasteiger partial charge is 0.476 e. The van der Waals surface area contributed by atoms with E-state index in [1.807, 2.05) is 0 Å². The van der Waals surface area contributed by atoms with Crippen LogP contribution in [0.25, 0.3) is 0 Å². The summed E-state index contributed by atoms with van der Waals surface area (Å²) in [5.74, 6) is -1.87. The predicted molar refractivity (Wildman–Crippen MR) is 36.7 cm³/mol. The Morgan fingerprint density at radius 2 is 2.17 bits per heavy atom. The molecule has 0 spiro atoms. The Labute approximate surface area is 65.8 Å². The van der Waals surface area contributed by atoms with E-state index in [4.69, 9.17) is 16.6 Å². The minimum Gasteiger partial charge on any atom is -0.476 e. The van der Waals surface area contributed by atoms with E-state index in [9.17, 15) is 4.79 Å². The van der Waals surface area contributed by atoms with Gasteiger partial charge in [0.2, 0.25) is 11.5 Å². The molecule has 64 valence electrons. The van der Waals surface area contributed by atoms with E-state index in [-0.39, 0.29) is 11.8 Å². The number of aliphatic imine (C=N–C) groups is 1. The van der Waals surface area contributed by atoms with Crippen LogP contribution in [0.2, 0.25) is 0 Å². The molecule has 0 unspecified atom stereocenters. The lowest BCUT2D eigenvalue weighted by Gasteiger charge is -1.87. The maximum absolute atomic E-state index is 10.4. The highest BCUT2D eigenvalue weighted by atomic mass is 16.6. The lowest BCUT2D eigenvalue weighted by atomic mass is 10.4. The number of nitrogens with two attached hydrogens (primary N) is 2. The SMILES string of the molecule is NC(N)=Nc1nonc1C(=O)O. The van der Waals surface area contributed by atoms with Crippen molar-refractivity contribution in [3.8, 4) is 0 Å². The van der Waals surface area contributed by atoms with Gasteiger partial charge in [-0.1, -0.05) is 0 Å². The fourth-order valence-electron chi connectivity index (χ4n) is 0.514. The van der Waals surface area contributed by atoms with E-state index in [1.54, 1.807) is 0 Å². The van der Waals surface area contributed by atoms with Gasteiger partial charge in [-0.2, -0.15) is 4.99 Å². The highest BCUT2D eigenvalue weighted by molar-refractivity contribution is 5.91. The van der Waals surface area contributed by atoms with E-state index in [0.717, 1.165) is 0 Å². The molecule has 0 aromatic carbocycles. The second-order valence-electron chi connectivity index (χ2n) is 1.78. The molecule has 0 bridgehead atoms. The summed E-state index contributed by atoms with van der Waals surface area (Å²) in [6, 6.07) is 0. The van der Waals surface area contributed by atoms with Crippen molar-refractivity contribution in [3.63, 3.8) is 0 Å². The summed E-state index contributed by atoms with van der Waals surface area (Å²) >= 11 is 0. The highest BCUT2D eigenvalue weighted by Crippen LogP contribution is 2.11. The Balaban J connectivity index is 3.08. The quantitative estimate of drug-likeness (QED) is 0.369. The topological polar surface area (TPSA) is 141 Å². The summed E-state index contributed by atoms with van der Waals surface area (Å²) in [6.45, 7) is 0. The van der Waals surface area contributed by atoms with Gasteiger partial charge < -0.3 is 16.6 Å². The molecule has 0 aliphatic rings. The molecule has 5 N–H and O–H groups in total. The smallest absolute Gasteiger partial charge is 0.362 e. The molecule has 1 heterocycles. The minimum atomic E-state index is -1.31. The standard InChI is InChI=1S/C4H5N5O3/c5-4(6)7-2-1(3(10)11)8-12-9-2/h(H,10,11)(H4,5,6,7,9). The highest BCUT2D eigenvalue weighted by Gasteiger charge is 2.16. The molecule has 0 amide bonds. The molecule has 0 saturated carbocycles. The first-order valence-electron chi connectivity index (χ1n) is 2.76. The van der Waals surface area contributed by atoms with Crippen LogP contribution in [0.5, 0.6) is 0 Å². The molecule has 0 fully saturated rings. The van der Waals surface area contributed by atoms with Crippen LogP contribution in [0.15, 0.2) is 9.62 Å². The van der Waals surface area contributed by atoms with Crippen molar-refractivity contribution in [2.75, 3.05) is 0 Å². The summed E-state index contributed by atoms with van der Waals surface area (Å²) < 4.78 is 4.11. The van der Waals surface area contributed by atoms with Crippen LogP contribution in [0.1, 0.15) is 10.5 Å². The zero-order valence-corrected chi connectivity index (χ0v) is 5.76. The minimum absolute atomic E-state index is 0.248. The van der Waals surface area contributed by atoms with Crippen LogP contribution >= 0.6 is 0 Å². The van der Waals surface area contributed by atoms with E-state index in [0.29, 0.717) is 0 Å². The fourth-order valence-corrected chi connectivity index (χ4v) is 0.514. The van der Waals surface area contributed by atoms with Gasteiger partial charge in [0, 0.05) is 0 Å². The number of nitrogens with zero attached hydrogens (tertiary/aromatic N) is 3. The van der Waals surface area contributed by atoms with Crippen LogP contribution in [0.3, 0.4) is 0 Å². The molecule has 0 saturated heterocycles. The van der Waals surface area contributed by atoms with Crippen LogP contribution in [0.4, 0.5) is 5.82 Å². The number of guanidine groups is 1. The summed E-state index contributed by atoms with van der Waals surface area (Å²) in [7, 11) is 0. The zero-order valence-electron chi connectivity index (χ0n) is 5.76. The predicted octanol–water partition coefficient (Wildman–Crippen LogP) is -1.33. The number of carboxylic acids is 1. The summed E-state index contributed by atoms with van der Waals surface area (Å²) in [4.78, 5) is 13.7. The number of carbonyl (C=O) groups is 1. The molecule has 0 radical (unpaired) electrons. The van der Waals surface area contributed by atoms with Crippen molar-refractivity contribution in [1.82, 2.24) is 10.3 Å². The maximum atomic E-state index is 10.4. The first kappa shape index (κ1) is 7.98. The third-order valence-electron chi connectivity index (χ3n) is 0.909. The van der Waals surface area contributed by atoms with Crippen molar-refractivity contribution in [2.45, 2.75) is 0 Å². The van der Waals surface area contributed by atoms with E-state index in [2.05, 4.69) is 19.9 Å². The van der Waals surface area contributed by atoms with Gasteiger partial charge in [0.25, 0.3) is 0 Å². The van der Waals surface area contributed by atoms with Crippen molar-refractivity contribution in [3.05, 3.63) is 5.69 Å². The zero-order chi connectivity index (χ0) is 9.14. The van der Waals surface area contributed by atoms with E-state index >= 15 is 0 Å². The van der Waals surface area contributed by atoms with Gasteiger partial charge in [-0.05, 0) is 10.3 Å². The van der Waals surface area contributed by atoms with Crippen molar-refractivity contribution in [2.24, 2.45) is 16.5 Å². The molecule has 0 atom stereocenters. The molecule has 0 aliphatic heterocycles. The summed E-state index contributed by atoms with van der Waals surface area (Å²) in [5.41, 5.74) is 9.53. The van der Waals surface area contributed by atoms with E-state index < -0.39 is 11.7 Å². The molecule has 1 aromatic heterocycles. The molecule has 1 aromatic rings. The molecular weight excluding hydrogens is 166 g/mol. The summed E-state index contributed by atoms with van der Waals surface area (Å²) in [6.07, 6.45) is 0. The maximum Gasteiger partial charge on any atom is 0.362 e. The molecular formula is C4H5N5O3. The molecule has 0 aliphatic carbocycles. The summed E-state index contributed by atoms with van der Waals surface area (Å²) in [5, 5.41) is 14.7. The number of hydrogen-bond acceptors (Lipinski definition) is 5. The fraction of sp³-hybridized carbons (Fsp3) is 0. The average Bonchev–Trinajstić information content (AvgIpc) is 2.33. The monoisotopic (exact) mass is 171 g/mol.